The van der Waals surface area contributed by atoms with Crippen LogP contribution in [-0.4, -0.2) is 6.54 Å². The predicted octanol–water partition coefficient (Wildman–Crippen LogP) is 4.36. The quantitative estimate of drug-likeness (QED) is 0.843. The van der Waals surface area contributed by atoms with Gasteiger partial charge in [0.1, 0.15) is 11.6 Å². The molecule has 0 aliphatic heterocycles. The Morgan fingerprint density at radius 2 is 1.78 bits per heavy atom. The third-order valence-corrected chi connectivity index (χ3v) is 2.92. The molecule has 1 N–H and O–H groups in total. The average Bonchev–Trinajstić information content (AvgIpc) is 2.21. The number of halogens is 2. The molecule has 1 atom stereocenters. The van der Waals surface area contributed by atoms with Gasteiger partial charge >= 0.3 is 0 Å². The zero-order valence-electron chi connectivity index (χ0n) is 11.9. The third kappa shape index (κ3) is 4.05. The molecular weight excluding hydrogens is 232 g/mol. The van der Waals surface area contributed by atoms with Crippen LogP contribution in [0.4, 0.5) is 8.78 Å². The molecule has 0 aliphatic rings. The topological polar surface area (TPSA) is 12.0 Å². The largest absolute Gasteiger partial charge is 0.310 e. The molecule has 3 heteroatoms. The standard InChI is InChI=1S/C15H23F2N/c1-6-18-14(9-15(3,4)5)11-7-10(2)12(16)8-13(11)17/h7-8,14,18H,6,9H2,1-5H3. The van der Waals surface area contributed by atoms with Gasteiger partial charge < -0.3 is 5.32 Å². The second-order valence-electron chi connectivity index (χ2n) is 6.00. The molecule has 0 aliphatic carbocycles. The fourth-order valence-corrected chi connectivity index (χ4v) is 2.10. The van der Waals surface area contributed by atoms with E-state index in [-0.39, 0.29) is 11.5 Å². The number of hydrogen-bond donors (Lipinski definition) is 1. The minimum Gasteiger partial charge on any atom is -0.310 e. The molecule has 1 unspecified atom stereocenters. The summed E-state index contributed by atoms with van der Waals surface area (Å²) < 4.78 is 27.2. The molecule has 0 heterocycles. The Bertz CT molecular complexity index is 408. The van der Waals surface area contributed by atoms with Crippen molar-refractivity contribution in [3.63, 3.8) is 0 Å². The summed E-state index contributed by atoms with van der Waals surface area (Å²) in [5, 5.41) is 3.28. The maximum absolute atomic E-state index is 13.9. The summed E-state index contributed by atoms with van der Waals surface area (Å²) in [6.45, 7) is 10.8. The second-order valence-corrected chi connectivity index (χ2v) is 6.00. The Morgan fingerprint density at radius 1 is 1.17 bits per heavy atom. The number of rotatable bonds is 4. The summed E-state index contributed by atoms with van der Waals surface area (Å²) in [5.41, 5.74) is 1.13. The smallest absolute Gasteiger partial charge is 0.130 e. The molecule has 0 saturated heterocycles. The van der Waals surface area contributed by atoms with Crippen LogP contribution in [0.15, 0.2) is 12.1 Å². The van der Waals surface area contributed by atoms with E-state index in [9.17, 15) is 8.78 Å². The zero-order chi connectivity index (χ0) is 13.9. The fraction of sp³-hybridized carbons (Fsp3) is 0.600. The van der Waals surface area contributed by atoms with Crippen LogP contribution >= 0.6 is 0 Å². The van der Waals surface area contributed by atoms with E-state index in [1.807, 2.05) is 6.92 Å². The predicted molar refractivity (Wildman–Crippen MR) is 71.6 cm³/mol. The van der Waals surface area contributed by atoms with Gasteiger partial charge in [-0.15, -0.1) is 0 Å². The van der Waals surface area contributed by atoms with E-state index in [0.29, 0.717) is 11.1 Å². The van der Waals surface area contributed by atoms with Gasteiger partial charge in [-0.3, -0.25) is 0 Å². The lowest BCUT2D eigenvalue weighted by Gasteiger charge is -2.27. The number of hydrogen-bond acceptors (Lipinski definition) is 1. The Balaban J connectivity index is 3.09. The second kappa shape index (κ2) is 5.79. The van der Waals surface area contributed by atoms with Crippen LogP contribution in [0.2, 0.25) is 0 Å². The highest BCUT2D eigenvalue weighted by Gasteiger charge is 2.22. The fourth-order valence-electron chi connectivity index (χ4n) is 2.10. The monoisotopic (exact) mass is 255 g/mol. The van der Waals surface area contributed by atoms with E-state index in [1.165, 1.54) is 0 Å². The molecule has 0 fully saturated rings. The lowest BCUT2D eigenvalue weighted by molar-refractivity contribution is 0.309. The summed E-state index contributed by atoms with van der Waals surface area (Å²) in [6, 6.07) is 2.52. The first-order chi connectivity index (χ1) is 8.24. The summed E-state index contributed by atoms with van der Waals surface area (Å²) in [4.78, 5) is 0. The number of benzene rings is 1. The molecule has 18 heavy (non-hydrogen) atoms. The molecule has 1 aromatic rings. The minimum atomic E-state index is -0.484. The van der Waals surface area contributed by atoms with Crippen molar-refractivity contribution < 1.29 is 8.78 Å². The molecule has 0 bridgehead atoms. The van der Waals surface area contributed by atoms with Gasteiger partial charge in [0.2, 0.25) is 0 Å². The van der Waals surface area contributed by atoms with Gasteiger partial charge in [0, 0.05) is 17.7 Å². The maximum atomic E-state index is 13.9. The molecule has 0 aromatic heterocycles. The Kier molecular flexibility index (Phi) is 4.85. The number of nitrogens with one attached hydrogen (secondary N) is 1. The first-order valence-electron chi connectivity index (χ1n) is 6.43. The van der Waals surface area contributed by atoms with Crippen LogP contribution < -0.4 is 5.32 Å². The highest BCUT2D eigenvalue weighted by atomic mass is 19.1. The normalized spacial score (nSPS) is 13.7. The van der Waals surface area contributed by atoms with Crippen molar-refractivity contribution in [3.8, 4) is 0 Å². The molecule has 0 amide bonds. The van der Waals surface area contributed by atoms with Crippen LogP contribution in [0.5, 0.6) is 0 Å². The molecule has 0 spiro atoms. The highest BCUT2D eigenvalue weighted by Crippen LogP contribution is 2.31. The van der Waals surface area contributed by atoms with Crippen LogP contribution in [0.25, 0.3) is 0 Å². The van der Waals surface area contributed by atoms with E-state index in [4.69, 9.17) is 0 Å². The SMILES string of the molecule is CCNC(CC(C)(C)C)c1cc(C)c(F)cc1F. The van der Waals surface area contributed by atoms with Crippen LogP contribution in [0.1, 0.15) is 51.3 Å². The van der Waals surface area contributed by atoms with Crippen LogP contribution in [0, 0.1) is 24.0 Å². The summed E-state index contributed by atoms with van der Waals surface area (Å²) >= 11 is 0. The van der Waals surface area contributed by atoms with Gasteiger partial charge in [-0.25, -0.2) is 8.78 Å². The van der Waals surface area contributed by atoms with Gasteiger partial charge in [0.05, 0.1) is 0 Å². The molecular formula is C15H23F2N. The molecule has 0 radical (unpaired) electrons. The summed E-state index contributed by atoms with van der Waals surface area (Å²) in [6.07, 6.45) is 0.808. The maximum Gasteiger partial charge on any atom is 0.130 e. The molecule has 1 aromatic carbocycles. The van der Waals surface area contributed by atoms with Crippen molar-refractivity contribution in [2.24, 2.45) is 5.41 Å². The Labute approximate surface area is 109 Å². The lowest BCUT2D eigenvalue weighted by atomic mass is 9.85. The van der Waals surface area contributed by atoms with E-state index in [0.717, 1.165) is 19.0 Å². The molecule has 102 valence electrons. The van der Waals surface area contributed by atoms with Crippen molar-refractivity contribution in [1.82, 2.24) is 5.32 Å². The van der Waals surface area contributed by atoms with E-state index >= 15 is 0 Å². The van der Waals surface area contributed by atoms with E-state index < -0.39 is 11.6 Å². The van der Waals surface area contributed by atoms with E-state index in [2.05, 4.69) is 26.1 Å². The minimum absolute atomic E-state index is 0.0747. The van der Waals surface area contributed by atoms with E-state index in [1.54, 1.807) is 13.0 Å². The summed E-state index contributed by atoms with van der Waals surface area (Å²) in [5.74, 6) is -0.949. The first-order valence-corrected chi connectivity index (χ1v) is 6.43. The van der Waals surface area contributed by atoms with Crippen molar-refractivity contribution in [2.45, 2.75) is 47.1 Å². The van der Waals surface area contributed by atoms with Crippen LogP contribution in [-0.2, 0) is 0 Å². The van der Waals surface area contributed by atoms with Gasteiger partial charge in [0.25, 0.3) is 0 Å². The van der Waals surface area contributed by atoms with Gasteiger partial charge in [-0.05, 0) is 36.9 Å². The highest BCUT2D eigenvalue weighted by molar-refractivity contribution is 5.28. The molecule has 1 nitrogen and oxygen atoms in total. The van der Waals surface area contributed by atoms with Crippen molar-refractivity contribution in [1.29, 1.82) is 0 Å². The lowest BCUT2D eigenvalue weighted by Crippen LogP contribution is -2.26. The van der Waals surface area contributed by atoms with Gasteiger partial charge in [0.15, 0.2) is 0 Å². The van der Waals surface area contributed by atoms with Crippen molar-refractivity contribution in [2.75, 3.05) is 6.54 Å². The third-order valence-electron chi connectivity index (χ3n) is 2.92. The number of aryl methyl sites for hydroxylation is 1. The molecule has 0 saturated carbocycles. The van der Waals surface area contributed by atoms with Crippen molar-refractivity contribution in [3.05, 3.63) is 34.9 Å². The zero-order valence-corrected chi connectivity index (χ0v) is 11.9. The van der Waals surface area contributed by atoms with Crippen LogP contribution in [0.3, 0.4) is 0 Å². The first kappa shape index (κ1) is 15.1. The van der Waals surface area contributed by atoms with Gasteiger partial charge in [-0.1, -0.05) is 27.7 Å². The molecule has 1 rings (SSSR count). The Morgan fingerprint density at radius 3 is 2.28 bits per heavy atom. The van der Waals surface area contributed by atoms with Gasteiger partial charge in [-0.2, -0.15) is 0 Å². The van der Waals surface area contributed by atoms with Crippen molar-refractivity contribution >= 4 is 0 Å². The average molecular weight is 255 g/mol. The Hall–Kier alpha value is -0.960. The summed E-state index contributed by atoms with van der Waals surface area (Å²) in [7, 11) is 0.